The standard InChI is InChI=1S/C10H15N5O/c1-5(9-12-14-15-13-9)11-10(16)8-3-6-2-7(6)4-8/h5-8H,2-4H2,1H3,(H,11,16)(H,12,13,14,15). The van der Waals surface area contributed by atoms with Crippen LogP contribution in [0.15, 0.2) is 0 Å². The molecule has 1 aromatic heterocycles. The van der Waals surface area contributed by atoms with E-state index in [0.29, 0.717) is 5.82 Å². The van der Waals surface area contributed by atoms with Gasteiger partial charge in [-0.1, -0.05) is 5.21 Å². The number of H-pyrrole nitrogens is 1. The van der Waals surface area contributed by atoms with Gasteiger partial charge in [0.2, 0.25) is 5.91 Å². The maximum absolute atomic E-state index is 11.9. The van der Waals surface area contributed by atoms with Crippen LogP contribution in [0.5, 0.6) is 0 Å². The first kappa shape index (κ1) is 9.74. The molecular weight excluding hydrogens is 206 g/mol. The molecule has 0 saturated heterocycles. The zero-order valence-electron chi connectivity index (χ0n) is 9.18. The summed E-state index contributed by atoms with van der Waals surface area (Å²) in [6.07, 6.45) is 3.47. The summed E-state index contributed by atoms with van der Waals surface area (Å²) in [4.78, 5) is 11.9. The summed E-state index contributed by atoms with van der Waals surface area (Å²) in [5, 5.41) is 16.5. The molecule has 86 valence electrons. The van der Waals surface area contributed by atoms with Gasteiger partial charge in [-0.05, 0) is 38.0 Å². The third kappa shape index (κ3) is 1.68. The van der Waals surface area contributed by atoms with Crippen LogP contribution in [-0.2, 0) is 4.79 Å². The molecular formula is C10H15N5O. The third-order valence-corrected chi connectivity index (χ3v) is 3.72. The second-order valence-corrected chi connectivity index (χ2v) is 4.92. The molecule has 16 heavy (non-hydrogen) atoms. The van der Waals surface area contributed by atoms with Crippen LogP contribution < -0.4 is 5.32 Å². The van der Waals surface area contributed by atoms with E-state index in [2.05, 4.69) is 25.9 Å². The van der Waals surface area contributed by atoms with Gasteiger partial charge in [0, 0.05) is 5.92 Å². The van der Waals surface area contributed by atoms with Crippen molar-refractivity contribution in [1.82, 2.24) is 25.9 Å². The van der Waals surface area contributed by atoms with Crippen LogP contribution >= 0.6 is 0 Å². The van der Waals surface area contributed by atoms with E-state index in [-0.39, 0.29) is 17.9 Å². The maximum atomic E-state index is 11.9. The molecule has 3 atom stereocenters. The normalized spacial score (nSPS) is 33.2. The highest BCUT2D eigenvalue weighted by molar-refractivity contribution is 5.79. The lowest BCUT2D eigenvalue weighted by atomic mass is 10.0. The first-order chi connectivity index (χ1) is 7.74. The van der Waals surface area contributed by atoms with E-state index in [0.717, 1.165) is 24.7 Å². The van der Waals surface area contributed by atoms with Gasteiger partial charge in [0.1, 0.15) is 0 Å². The fraction of sp³-hybridized carbons (Fsp3) is 0.800. The fourth-order valence-corrected chi connectivity index (χ4v) is 2.68. The Morgan fingerprint density at radius 1 is 1.44 bits per heavy atom. The number of amides is 1. The van der Waals surface area contributed by atoms with E-state index in [4.69, 9.17) is 0 Å². The summed E-state index contributed by atoms with van der Waals surface area (Å²) in [5.74, 6) is 2.55. The molecule has 6 heteroatoms. The molecule has 1 aromatic rings. The van der Waals surface area contributed by atoms with Crippen LogP contribution in [0.2, 0.25) is 0 Å². The molecule has 1 amide bonds. The smallest absolute Gasteiger partial charge is 0.223 e. The Kier molecular flexibility index (Phi) is 2.15. The molecule has 2 fully saturated rings. The molecule has 0 aromatic carbocycles. The van der Waals surface area contributed by atoms with Crippen molar-refractivity contribution in [2.24, 2.45) is 17.8 Å². The number of nitrogens with one attached hydrogen (secondary N) is 2. The van der Waals surface area contributed by atoms with Crippen LogP contribution in [0.1, 0.15) is 38.1 Å². The first-order valence-electron chi connectivity index (χ1n) is 5.77. The molecule has 0 radical (unpaired) electrons. The number of fused-ring (bicyclic) bond motifs is 1. The van der Waals surface area contributed by atoms with E-state index in [1.807, 2.05) is 6.92 Å². The first-order valence-corrected chi connectivity index (χ1v) is 5.77. The summed E-state index contributed by atoms with van der Waals surface area (Å²) in [5.41, 5.74) is 0. The number of hydrogen-bond acceptors (Lipinski definition) is 4. The third-order valence-electron chi connectivity index (χ3n) is 3.72. The van der Waals surface area contributed by atoms with Gasteiger partial charge >= 0.3 is 0 Å². The average molecular weight is 221 g/mol. The minimum absolute atomic E-state index is 0.143. The van der Waals surface area contributed by atoms with Gasteiger partial charge in [-0.3, -0.25) is 4.79 Å². The Morgan fingerprint density at radius 2 is 2.19 bits per heavy atom. The molecule has 1 heterocycles. The van der Waals surface area contributed by atoms with Crippen LogP contribution in [-0.4, -0.2) is 26.5 Å². The van der Waals surface area contributed by atoms with Crippen molar-refractivity contribution >= 4 is 5.91 Å². The highest BCUT2D eigenvalue weighted by Crippen LogP contribution is 2.54. The Morgan fingerprint density at radius 3 is 2.81 bits per heavy atom. The zero-order chi connectivity index (χ0) is 11.1. The van der Waals surface area contributed by atoms with Crippen molar-refractivity contribution in [3.63, 3.8) is 0 Å². The van der Waals surface area contributed by atoms with Crippen molar-refractivity contribution in [1.29, 1.82) is 0 Å². The van der Waals surface area contributed by atoms with E-state index in [1.165, 1.54) is 6.42 Å². The summed E-state index contributed by atoms with van der Waals surface area (Å²) >= 11 is 0. The number of carbonyl (C=O) groups excluding carboxylic acids is 1. The number of carbonyl (C=O) groups is 1. The molecule has 0 bridgehead atoms. The van der Waals surface area contributed by atoms with E-state index >= 15 is 0 Å². The molecule has 2 aliphatic rings. The van der Waals surface area contributed by atoms with Crippen molar-refractivity contribution in [3.05, 3.63) is 5.82 Å². The van der Waals surface area contributed by atoms with Gasteiger partial charge in [0.05, 0.1) is 6.04 Å². The number of aromatic amines is 1. The fourth-order valence-electron chi connectivity index (χ4n) is 2.68. The molecule has 6 nitrogen and oxygen atoms in total. The van der Waals surface area contributed by atoms with Crippen molar-refractivity contribution in [2.45, 2.75) is 32.2 Å². The van der Waals surface area contributed by atoms with Crippen LogP contribution in [0, 0.1) is 17.8 Å². The highest BCUT2D eigenvalue weighted by atomic mass is 16.2. The predicted molar refractivity (Wildman–Crippen MR) is 55.1 cm³/mol. The van der Waals surface area contributed by atoms with Crippen molar-refractivity contribution in [3.8, 4) is 0 Å². The monoisotopic (exact) mass is 221 g/mol. The number of aromatic nitrogens is 4. The summed E-state index contributed by atoms with van der Waals surface area (Å²) in [6, 6.07) is -0.164. The summed E-state index contributed by atoms with van der Waals surface area (Å²) in [7, 11) is 0. The highest BCUT2D eigenvalue weighted by Gasteiger charge is 2.48. The molecule has 3 unspecified atom stereocenters. The minimum atomic E-state index is -0.164. The minimum Gasteiger partial charge on any atom is -0.346 e. The second-order valence-electron chi connectivity index (χ2n) is 4.92. The molecule has 2 aliphatic carbocycles. The summed E-state index contributed by atoms with van der Waals surface area (Å²) < 4.78 is 0. The predicted octanol–water partition coefficient (Wildman–Crippen LogP) is 0.423. The van der Waals surface area contributed by atoms with Crippen LogP contribution in [0.3, 0.4) is 0 Å². The zero-order valence-corrected chi connectivity index (χ0v) is 9.18. The molecule has 2 N–H and O–H groups in total. The van der Waals surface area contributed by atoms with Crippen molar-refractivity contribution in [2.75, 3.05) is 0 Å². The van der Waals surface area contributed by atoms with Gasteiger partial charge in [-0.2, -0.15) is 5.21 Å². The Labute approximate surface area is 93.2 Å². The topological polar surface area (TPSA) is 83.6 Å². The van der Waals surface area contributed by atoms with Gasteiger partial charge in [-0.25, -0.2) is 0 Å². The average Bonchev–Trinajstić information content (AvgIpc) is 2.77. The quantitative estimate of drug-likeness (QED) is 0.775. The molecule has 3 rings (SSSR count). The van der Waals surface area contributed by atoms with Crippen LogP contribution in [0.4, 0.5) is 0 Å². The second kappa shape index (κ2) is 3.54. The Balaban J connectivity index is 1.56. The number of tetrazole rings is 1. The lowest BCUT2D eigenvalue weighted by Gasteiger charge is -2.15. The number of hydrogen-bond donors (Lipinski definition) is 2. The van der Waals surface area contributed by atoms with E-state index in [9.17, 15) is 4.79 Å². The lowest BCUT2D eigenvalue weighted by Crippen LogP contribution is -2.32. The largest absolute Gasteiger partial charge is 0.346 e. The Bertz CT molecular complexity index is 380. The van der Waals surface area contributed by atoms with Gasteiger partial charge in [0.15, 0.2) is 5.82 Å². The van der Waals surface area contributed by atoms with Gasteiger partial charge in [0.25, 0.3) is 0 Å². The molecule has 0 spiro atoms. The lowest BCUT2D eigenvalue weighted by molar-refractivity contribution is -0.125. The SMILES string of the molecule is CC(NC(=O)C1CC2CC2C1)c1nn[nH]n1. The van der Waals surface area contributed by atoms with Crippen molar-refractivity contribution < 1.29 is 4.79 Å². The molecule has 2 saturated carbocycles. The van der Waals surface area contributed by atoms with E-state index < -0.39 is 0 Å². The van der Waals surface area contributed by atoms with Gasteiger partial charge in [-0.15, -0.1) is 10.2 Å². The number of nitrogens with zero attached hydrogens (tertiary/aromatic N) is 3. The molecule has 0 aliphatic heterocycles. The van der Waals surface area contributed by atoms with Crippen LogP contribution in [0.25, 0.3) is 0 Å². The summed E-state index contributed by atoms with van der Waals surface area (Å²) in [6.45, 7) is 1.87. The van der Waals surface area contributed by atoms with Gasteiger partial charge < -0.3 is 5.32 Å². The van der Waals surface area contributed by atoms with E-state index in [1.54, 1.807) is 0 Å². The maximum Gasteiger partial charge on any atom is 0.223 e. The Hall–Kier alpha value is -1.46. The number of rotatable bonds is 3.